The van der Waals surface area contributed by atoms with Gasteiger partial charge in [-0.05, 0) is 18.2 Å². The van der Waals surface area contributed by atoms with Crippen molar-refractivity contribution in [3.63, 3.8) is 0 Å². The van der Waals surface area contributed by atoms with Crippen LogP contribution in [0.5, 0.6) is 0 Å². The number of hydrogen-bond donors (Lipinski definition) is 1. The van der Waals surface area contributed by atoms with Crippen molar-refractivity contribution in [3.05, 3.63) is 58.6 Å². The molecule has 1 heterocycles. The summed E-state index contributed by atoms with van der Waals surface area (Å²) in [5.41, 5.74) is 0.306. The number of benzene rings is 2. The molecule has 0 bridgehead atoms. The second-order valence-corrected chi connectivity index (χ2v) is 5.63. The van der Waals surface area contributed by atoms with E-state index in [0.717, 1.165) is 17.4 Å². The number of anilines is 1. The number of hydrogen-bond acceptors (Lipinski definition) is 3. The molecule has 0 saturated carbocycles. The Labute approximate surface area is 127 Å². The van der Waals surface area contributed by atoms with Gasteiger partial charge in [-0.25, -0.2) is 13.8 Å². The highest BCUT2D eigenvalue weighted by molar-refractivity contribution is 7.22. The van der Waals surface area contributed by atoms with Crippen LogP contribution in [-0.4, -0.2) is 10.9 Å². The highest BCUT2D eigenvalue weighted by Crippen LogP contribution is 2.29. The van der Waals surface area contributed by atoms with Crippen LogP contribution in [0.15, 0.2) is 36.4 Å². The van der Waals surface area contributed by atoms with Gasteiger partial charge in [-0.2, -0.15) is 0 Å². The number of halogens is 3. The Kier molecular flexibility index (Phi) is 3.57. The smallest absolute Gasteiger partial charge is 0.258 e. The summed E-state index contributed by atoms with van der Waals surface area (Å²) in [6, 6.07) is 8.45. The summed E-state index contributed by atoms with van der Waals surface area (Å²) in [4.78, 5) is 16.0. The van der Waals surface area contributed by atoms with Crippen LogP contribution >= 0.6 is 22.9 Å². The molecule has 0 aliphatic heterocycles. The van der Waals surface area contributed by atoms with Crippen LogP contribution in [0.25, 0.3) is 10.2 Å². The van der Waals surface area contributed by atoms with E-state index < -0.39 is 17.5 Å². The first-order chi connectivity index (χ1) is 10.0. The van der Waals surface area contributed by atoms with E-state index >= 15 is 0 Å². The summed E-state index contributed by atoms with van der Waals surface area (Å²) < 4.78 is 27.0. The highest BCUT2D eigenvalue weighted by atomic mass is 35.5. The maximum atomic E-state index is 13.6. The van der Waals surface area contributed by atoms with Gasteiger partial charge in [0, 0.05) is 6.07 Å². The number of nitrogens with zero attached hydrogens (tertiary/aromatic N) is 1. The molecule has 2 aromatic carbocycles. The Balaban J connectivity index is 1.94. The normalized spacial score (nSPS) is 10.8. The molecular formula is C14H7ClF2N2OS. The number of amides is 1. The van der Waals surface area contributed by atoms with Crippen LogP contribution < -0.4 is 5.32 Å². The zero-order valence-corrected chi connectivity index (χ0v) is 11.9. The molecule has 0 spiro atoms. The van der Waals surface area contributed by atoms with Crippen molar-refractivity contribution in [3.8, 4) is 0 Å². The third-order valence-electron chi connectivity index (χ3n) is 2.75. The van der Waals surface area contributed by atoms with Crippen LogP contribution in [0.4, 0.5) is 13.9 Å². The zero-order valence-electron chi connectivity index (χ0n) is 10.4. The molecule has 0 fully saturated rings. The first-order valence-corrected chi connectivity index (χ1v) is 7.05. The van der Waals surface area contributed by atoms with Crippen LogP contribution in [0, 0.1) is 11.6 Å². The lowest BCUT2D eigenvalue weighted by molar-refractivity contribution is 0.102. The van der Waals surface area contributed by atoms with Gasteiger partial charge in [0.15, 0.2) is 10.9 Å². The zero-order chi connectivity index (χ0) is 15.0. The molecule has 7 heteroatoms. The minimum atomic E-state index is -0.764. The summed E-state index contributed by atoms with van der Waals surface area (Å²) in [7, 11) is 0. The summed E-state index contributed by atoms with van der Waals surface area (Å²) in [5, 5.41) is 3.01. The summed E-state index contributed by atoms with van der Waals surface area (Å²) in [6.07, 6.45) is 0. The van der Waals surface area contributed by atoms with Crippen molar-refractivity contribution < 1.29 is 13.6 Å². The van der Waals surface area contributed by atoms with Crippen LogP contribution in [0.2, 0.25) is 5.02 Å². The fourth-order valence-corrected chi connectivity index (χ4v) is 2.94. The number of carbonyl (C=O) groups is 1. The molecule has 0 unspecified atom stereocenters. The van der Waals surface area contributed by atoms with Gasteiger partial charge in [0.25, 0.3) is 5.91 Å². The van der Waals surface area contributed by atoms with Gasteiger partial charge in [-0.15, -0.1) is 0 Å². The monoisotopic (exact) mass is 324 g/mol. The van der Waals surface area contributed by atoms with Gasteiger partial charge in [0.05, 0.1) is 15.3 Å². The average Bonchev–Trinajstić information content (AvgIpc) is 2.81. The van der Waals surface area contributed by atoms with Crippen molar-refractivity contribution >= 4 is 44.2 Å². The van der Waals surface area contributed by atoms with E-state index in [1.165, 1.54) is 6.07 Å². The van der Waals surface area contributed by atoms with E-state index in [1.54, 1.807) is 24.3 Å². The van der Waals surface area contributed by atoms with Crippen LogP contribution in [-0.2, 0) is 0 Å². The molecule has 1 aromatic heterocycles. The molecule has 106 valence electrons. The fourth-order valence-electron chi connectivity index (χ4n) is 1.82. The lowest BCUT2D eigenvalue weighted by Gasteiger charge is -2.02. The Morgan fingerprint density at radius 2 is 2.00 bits per heavy atom. The molecule has 0 aliphatic rings. The quantitative estimate of drug-likeness (QED) is 0.755. The summed E-state index contributed by atoms with van der Waals surface area (Å²) >= 11 is 6.91. The highest BCUT2D eigenvalue weighted by Gasteiger charge is 2.14. The van der Waals surface area contributed by atoms with Crippen LogP contribution in [0.1, 0.15) is 10.4 Å². The number of carbonyl (C=O) groups excluding carboxylic acids is 1. The topological polar surface area (TPSA) is 42.0 Å². The lowest BCUT2D eigenvalue weighted by atomic mass is 10.2. The Hall–Kier alpha value is -2.05. The van der Waals surface area contributed by atoms with E-state index in [1.807, 2.05) is 0 Å². The van der Waals surface area contributed by atoms with E-state index in [4.69, 9.17) is 11.6 Å². The molecule has 0 saturated heterocycles. The molecule has 0 radical (unpaired) electrons. The van der Waals surface area contributed by atoms with E-state index in [0.29, 0.717) is 9.72 Å². The summed E-state index contributed by atoms with van der Waals surface area (Å²) in [5.74, 6) is -1.91. The van der Waals surface area contributed by atoms with Crippen molar-refractivity contribution in [1.29, 1.82) is 0 Å². The molecular weight excluding hydrogens is 318 g/mol. The lowest BCUT2D eigenvalue weighted by Crippen LogP contribution is -2.12. The number of rotatable bonds is 2. The number of aromatic nitrogens is 1. The predicted molar refractivity (Wildman–Crippen MR) is 78.9 cm³/mol. The largest absolute Gasteiger partial charge is 0.298 e. The molecule has 3 rings (SSSR count). The van der Waals surface area contributed by atoms with E-state index in [9.17, 15) is 13.6 Å². The summed E-state index contributed by atoms with van der Waals surface area (Å²) in [6.45, 7) is 0. The van der Waals surface area contributed by atoms with Gasteiger partial charge in [0.1, 0.15) is 11.3 Å². The predicted octanol–water partition coefficient (Wildman–Crippen LogP) is 4.48. The Morgan fingerprint density at radius 3 is 2.76 bits per heavy atom. The minimum absolute atomic E-state index is 0.0239. The van der Waals surface area contributed by atoms with Crippen molar-refractivity contribution in [2.45, 2.75) is 0 Å². The average molecular weight is 325 g/mol. The second-order valence-electron chi connectivity index (χ2n) is 4.19. The SMILES string of the molecule is O=C(Nc1nc2c(F)cc(F)cc2s1)c1ccccc1Cl. The molecule has 0 aliphatic carbocycles. The number of nitrogens with one attached hydrogen (secondary N) is 1. The molecule has 1 N–H and O–H groups in total. The second kappa shape index (κ2) is 5.38. The van der Waals surface area contributed by atoms with E-state index in [2.05, 4.69) is 10.3 Å². The van der Waals surface area contributed by atoms with Gasteiger partial charge in [-0.3, -0.25) is 10.1 Å². The molecule has 21 heavy (non-hydrogen) atoms. The molecule has 3 nitrogen and oxygen atoms in total. The van der Waals surface area contributed by atoms with E-state index in [-0.39, 0.29) is 16.2 Å². The molecule has 1 amide bonds. The first kappa shape index (κ1) is 13.9. The Morgan fingerprint density at radius 1 is 1.24 bits per heavy atom. The fraction of sp³-hybridized carbons (Fsp3) is 0. The van der Waals surface area contributed by atoms with Crippen LogP contribution in [0.3, 0.4) is 0 Å². The van der Waals surface area contributed by atoms with Crippen molar-refractivity contribution in [2.75, 3.05) is 5.32 Å². The van der Waals surface area contributed by atoms with Gasteiger partial charge < -0.3 is 0 Å². The van der Waals surface area contributed by atoms with Crippen molar-refractivity contribution in [1.82, 2.24) is 4.98 Å². The first-order valence-electron chi connectivity index (χ1n) is 5.86. The minimum Gasteiger partial charge on any atom is -0.298 e. The standard InChI is InChI=1S/C14H7ClF2N2OS/c15-9-4-2-1-3-8(9)13(20)19-14-18-12-10(17)5-7(16)6-11(12)21-14/h1-6H,(H,18,19,20). The maximum Gasteiger partial charge on any atom is 0.258 e. The molecule has 3 aromatic rings. The van der Waals surface area contributed by atoms with Gasteiger partial charge >= 0.3 is 0 Å². The van der Waals surface area contributed by atoms with Crippen molar-refractivity contribution in [2.24, 2.45) is 0 Å². The number of fused-ring (bicyclic) bond motifs is 1. The molecule has 0 atom stereocenters. The van der Waals surface area contributed by atoms with Gasteiger partial charge in [0.2, 0.25) is 0 Å². The third-order valence-corrected chi connectivity index (χ3v) is 4.00. The number of thiazole rings is 1. The van der Waals surface area contributed by atoms with Gasteiger partial charge in [-0.1, -0.05) is 35.1 Å². The third kappa shape index (κ3) is 2.72. The Bertz CT molecular complexity index is 850. The maximum absolute atomic E-state index is 13.6.